The van der Waals surface area contributed by atoms with Gasteiger partial charge in [0.15, 0.2) is 0 Å². The van der Waals surface area contributed by atoms with Gasteiger partial charge in [-0.25, -0.2) is 4.98 Å². The van der Waals surface area contributed by atoms with Gasteiger partial charge in [-0.2, -0.15) is 0 Å². The molecule has 4 heteroatoms. The minimum atomic E-state index is 0.0323. The summed E-state index contributed by atoms with van der Waals surface area (Å²) >= 11 is 0. The van der Waals surface area contributed by atoms with Gasteiger partial charge in [0.25, 0.3) is 5.91 Å². The van der Waals surface area contributed by atoms with Crippen molar-refractivity contribution < 1.29 is 4.79 Å². The lowest BCUT2D eigenvalue weighted by molar-refractivity contribution is 0.0748. The summed E-state index contributed by atoms with van der Waals surface area (Å²) in [6, 6.07) is 5.53. The first-order valence-electron chi connectivity index (χ1n) is 7.57. The molecule has 1 aromatic rings. The predicted octanol–water partition coefficient (Wildman–Crippen LogP) is 2.63. The molecule has 3 atom stereocenters. The summed E-state index contributed by atoms with van der Waals surface area (Å²) in [5.74, 6) is 3.26. The molecule has 4 nitrogen and oxygen atoms in total. The number of hydrogen-bond acceptors (Lipinski definition) is 3. The third-order valence-electron chi connectivity index (χ3n) is 4.96. The van der Waals surface area contributed by atoms with Gasteiger partial charge in [0.2, 0.25) is 0 Å². The van der Waals surface area contributed by atoms with Crippen LogP contribution in [0.4, 0.5) is 5.82 Å². The number of hydrogen-bond donors (Lipinski definition) is 1. The van der Waals surface area contributed by atoms with Gasteiger partial charge in [0.1, 0.15) is 11.5 Å². The molecule has 2 fully saturated rings. The van der Waals surface area contributed by atoms with Crippen LogP contribution < -0.4 is 5.32 Å². The third-order valence-corrected chi connectivity index (χ3v) is 4.96. The van der Waals surface area contributed by atoms with E-state index < -0.39 is 0 Å². The van der Waals surface area contributed by atoms with Crippen LogP contribution in [-0.2, 0) is 0 Å². The Kier molecular flexibility index (Phi) is 3.64. The van der Waals surface area contributed by atoms with Crippen LogP contribution in [0.3, 0.4) is 0 Å². The number of carbonyl (C=O) groups excluding carboxylic acids is 1. The van der Waals surface area contributed by atoms with Gasteiger partial charge >= 0.3 is 0 Å². The number of nitrogens with one attached hydrogen (secondary N) is 1. The van der Waals surface area contributed by atoms with E-state index in [1.807, 2.05) is 31.1 Å². The molecule has 1 heterocycles. The average Bonchev–Trinajstić information content (AvgIpc) is 3.09. The smallest absolute Gasteiger partial charge is 0.272 e. The van der Waals surface area contributed by atoms with Crippen molar-refractivity contribution in [2.75, 3.05) is 26.0 Å². The monoisotopic (exact) mass is 273 g/mol. The molecule has 0 radical (unpaired) electrons. The van der Waals surface area contributed by atoms with Gasteiger partial charge in [0.05, 0.1) is 0 Å². The number of pyridine rings is 1. The second-order valence-corrected chi connectivity index (χ2v) is 6.28. The van der Waals surface area contributed by atoms with Crippen molar-refractivity contribution in [3.63, 3.8) is 0 Å². The van der Waals surface area contributed by atoms with Crippen molar-refractivity contribution in [2.45, 2.75) is 25.7 Å². The number of fused-ring (bicyclic) bond motifs is 2. The van der Waals surface area contributed by atoms with Crippen LogP contribution in [0.1, 0.15) is 36.2 Å². The maximum atomic E-state index is 12.4. The fourth-order valence-electron chi connectivity index (χ4n) is 3.92. The molecule has 0 aliphatic heterocycles. The maximum Gasteiger partial charge on any atom is 0.272 e. The topological polar surface area (TPSA) is 45.2 Å². The largest absolute Gasteiger partial charge is 0.373 e. The highest BCUT2D eigenvalue weighted by Crippen LogP contribution is 2.48. The van der Waals surface area contributed by atoms with Crippen LogP contribution in [0.2, 0.25) is 0 Å². The molecule has 1 aromatic heterocycles. The Hall–Kier alpha value is -1.58. The highest BCUT2D eigenvalue weighted by Gasteiger charge is 2.40. The standard InChI is InChI=1S/C16H23N3O/c1-17-15-5-3-4-14(18-15)16(20)19(2)10-13-9-11-6-7-12(13)8-11/h3-5,11-13H,6-10H2,1-2H3,(H,17,18). The molecule has 3 rings (SSSR count). The van der Waals surface area contributed by atoms with E-state index in [2.05, 4.69) is 10.3 Å². The van der Waals surface area contributed by atoms with E-state index in [0.717, 1.165) is 24.2 Å². The lowest BCUT2D eigenvalue weighted by Crippen LogP contribution is -2.34. The van der Waals surface area contributed by atoms with Gasteiger partial charge in [-0.3, -0.25) is 4.79 Å². The lowest BCUT2D eigenvalue weighted by Gasteiger charge is -2.27. The summed E-state index contributed by atoms with van der Waals surface area (Å²) in [5, 5.41) is 2.97. The Bertz CT molecular complexity index is 502. The summed E-state index contributed by atoms with van der Waals surface area (Å²) in [5.41, 5.74) is 0.530. The van der Waals surface area contributed by atoms with E-state index in [1.165, 1.54) is 25.7 Å². The van der Waals surface area contributed by atoms with Crippen molar-refractivity contribution in [2.24, 2.45) is 17.8 Å². The highest BCUT2D eigenvalue weighted by atomic mass is 16.2. The first kappa shape index (κ1) is 13.4. The van der Waals surface area contributed by atoms with Crippen molar-refractivity contribution in [1.29, 1.82) is 0 Å². The quantitative estimate of drug-likeness (QED) is 0.917. The number of carbonyl (C=O) groups is 1. The molecule has 20 heavy (non-hydrogen) atoms. The fraction of sp³-hybridized carbons (Fsp3) is 0.625. The van der Waals surface area contributed by atoms with Crippen LogP contribution >= 0.6 is 0 Å². The summed E-state index contributed by atoms with van der Waals surface area (Å²) in [4.78, 5) is 18.6. The molecule has 108 valence electrons. The average molecular weight is 273 g/mol. The lowest BCUT2D eigenvalue weighted by atomic mass is 9.88. The first-order valence-corrected chi connectivity index (χ1v) is 7.57. The van der Waals surface area contributed by atoms with Crippen molar-refractivity contribution in [1.82, 2.24) is 9.88 Å². The number of amides is 1. The Labute approximate surface area is 120 Å². The second kappa shape index (κ2) is 5.43. The Balaban J connectivity index is 1.64. The molecule has 1 amide bonds. The highest BCUT2D eigenvalue weighted by molar-refractivity contribution is 5.92. The van der Waals surface area contributed by atoms with Crippen LogP contribution in [0.25, 0.3) is 0 Å². The number of rotatable bonds is 4. The van der Waals surface area contributed by atoms with E-state index in [1.54, 1.807) is 6.07 Å². The van der Waals surface area contributed by atoms with Gasteiger partial charge in [0, 0.05) is 20.6 Å². The summed E-state index contributed by atoms with van der Waals surface area (Å²) in [7, 11) is 3.72. The van der Waals surface area contributed by atoms with Gasteiger partial charge in [-0.15, -0.1) is 0 Å². The molecular formula is C16H23N3O. The zero-order valence-corrected chi connectivity index (χ0v) is 12.3. The molecule has 2 aliphatic rings. The van der Waals surface area contributed by atoms with Crippen molar-refractivity contribution in [3.8, 4) is 0 Å². The SMILES string of the molecule is CNc1cccc(C(=O)N(C)CC2CC3CCC2C3)n1. The van der Waals surface area contributed by atoms with Crippen molar-refractivity contribution in [3.05, 3.63) is 23.9 Å². The fourth-order valence-corrected chi connectivity index (χ4v) is 3.92. The molecule has 0 spiro atoms. The van der Waals surface area contributed by atoms with Crippen LogP contribution in [0.15, 0.2) is 18.2 Å². The zero-order chi connectivity index (χ0) is 14.1. The second-order valence-electron chi connectivity index (χ2n) is 6.28. The van der Waals surface area contributed by atoms with Gasteiger partial charge < -0.3 is 10.2 Å². The molecule has 0 saturated heterocycles. The summed E-state index contributed by atoms with van der Waals surface area (Å²) in [6.45, 7) is 0.880. The predicted molar refractivity (Wildman–Crippen MR) is 79.7 cm³/mol. The minimum absolute atomic E-state index is 0.0323. The number of nitrogens with zero attached hydrogens (tertiary/aromatic N) is 2. The molecule has 1 N–H and O–H groups in total. The van der Waals surface area contributed by atoms with E-state index in [-0.39, 0.29) is 5.91 Å². The van der Waals surface area contributed by atoms with Gasteiger partial charge in [-0.1, -0.05) is 12.5 Å². The molecular weight excluding hydrogens is 250 g/mol. The third kappa shape index (κ3) is 2.51. The molecule has 2 aliphatic carbocycles. The molecule has 0 aromatic carbocycles. The normalized spacial score (nSPS) is 27.6. The number of anilines is 1. The molecule has 2 saturated carbocycles. The van der Waals surface area contributed by atoms with Crippen LogP contribution in [-0.4, -0.2) is 36.4 Å². The minimum Gasteiger partial charge on any atom is -0.373 e. The Morgan fingerprint density at radius 2 is 2.25 bits per heavy atom. The maximum absolute atomic E-state index is 12.4. The van der Waals surface area contributed by atoms with E-state index in [4.69, 9.17) is 0 Å². The van der Waals surface area contributed by atoms with Gasteiger partial charge in [-0.05, 0) is 49.1 Å². The van der Waals surface area contributed by atoms with E-state index in [0.29, 0.717) is 11.6 Å². The molecule has 2 bridgehead atoms. The Morgan fingerprint density at radius 1 is 1.40 bits per heavy atom. The molecule has 3 unspecified atom stereocenters. The van der Waals surface area contributed by atoms with Crippen LogP contribution in [0, 0.1) is 17.8 Å². The van der Waals surface area contributed by atoms with E-state index in [9.17, 15) is 4.79 Å². The summed E-state index contributed by atoms with van der Waals surface area (Å²) in [6.07, 6.45) is 5.47. The first-order chi connectivity index (χ1) is 9.67. The Morgan fingerprint density at radius 3 is 2.90 bits per heavy atom. The van der Waals surface area contributed by atoms with Crippen LogP contribution in [0.5, 0.6) is 0 Å². The number of aromatic nitrogens is 1. The zero-order valence-electron chi connectivity index (χ0n) is 12.3. The van der Waals surface area contributed by atoms with Crippen molar-refractivity contribution >= 4 is 11.7 Å². The van der Waals surface area contributed by atoms with E-state index >= 15 is 0 Å². The summed E-state index contributed by atoms with van der Waals surface area (Å²) < 4.78 is 0.